The third-order valence-electron chi connectivity index (χ3n) is 4.35. The second-order valence-corrected chi connectivity index (χ2v) is 5.57. The zero-order valence-corrected chi connectivity index (χ0v) is 9.89. The Morgan fingerprint density at radius 3 is 2.47 bits per heavy atom. The van der Waals surface area contributed by atoms with E-state index in [1.54, 1.807) is 0 Å². The molecule has 2 bridgehead atoms. The molecule has 5 nitrogen and oxygen atoms in total. The summed E-state index contributed by atoms with van der Waals surface area (Å²) in [7, 11) is 0. The van der Waals surface area contributed by atoms with Crippen molar-refractivity contribution in [2.75, 3.05) is 6.54 Å². The van der Waals surface area contributed by atoms with Crippen molar-refractivity contribution >= 4 is 11.8 Å². The number of nitrogens with zero attached hydrogens (tertiary/aromatic N) is 1. The van der Waals surface area contributed by atoms with E-state index in [4.69, 9.17) is 5.73 Å². The van der Waals surface area contributed by atoms with Crippen molar-refractivity contribution in [3.05, 3.63) is 0 Å². The number of nitrogens with two attached hydrogens (primary N) is 1. The fourth-order valence-corrected chi connectivity index (χ4v) is 3.57. The van der Waals surface area contributed by atoms with Gasteiger partial charge in [-0.2, -0.15) is 0 Å². The normalized spacial score (nSPS) is 40.5. The van der Waals surface area contributed by atoms with Gasteiger partial charge < -0.3 is 16.0 Å². The van der Waals surface area contributed by atoms with E-state index in [1.165, 1.54) is 0 Å². The lowest BCUT2D eigenvalue weighted by molar-refractivity contribution is -0.140. The molecule has 0 aromatic carbocycles. The predicted octanol–water partition coefficient (Wildman–Crippen LogP) is -0.397. The first-order valence-electron chi connectivity index (χ1n) is 6.49. The summed E-state index contributed by atoms with van der Waals surface area (Å²) in [6.07, 6.45) is 4.38. The van der Waals surface area contributed by atoms with Crippen LogP contribution in [0.2, 0.25) is 0 Å². The van der Waals surface area contributed by atoms with Crippen molar-refractivity contribution in [1.29, 1.82) is 0 Å². The highest BCUT2D eigenvalue weighted by Crippen LogP contribution is 2.36. The minimum absolute atomic E-state index is 0.00408. The van der Waals surface area contributed by atoms with Gasteiger partial charge in [0, 0.05) is 31.1 Å². The van der Waals surface area contributed by atoms with Gasteiger partial charge in [0.05, 0.1) is 5.92 Å². The van der Waals surface area contributed by atoms with E-state index in [9.17, 15) is 9.59 Å². The number of carbonyl (C=O) groups is 2. The minimum Gasteiger partial charge on any atom is -0.355 e. The Balaban J connectivity index is 1.72. The first-order chi connectivity index (χ1) is 8.15. The largest absolute Gasteiger partial charge is 0.355 e. The molecule has 3 N–H and O–H groups in total. The lowest BCUT2D eigenvalue weighted by Gasteiger charge is -2.38. The lowest BCUT2D eigenvalue weighted by Crippen LogP contribution is -2.52. The molecule has 3 atom stereocenters. The predicted molar refractivity (Wildman–Crippen MR) is 62.0 cm³/mol. The van der Waals surface area contributed by atoms with Crippen LogP contribution in [0.25, 0.3) is 0 Å². The standard InChI is InChI=1S/C12H19N3O2/c13-8-4-9-1-2-10(5-8)15(9)12(17)7-3-11(16)14-6-7/h7-10H,1-6,13H2,(H,14,16). The lowest BCUT2D eigenvalue weighted by atomic mass is 9.95. The average Bonchev–Trinajstić information content (AvgIpc) is 2.81. The minimum atomic E-state index is -0.139. The zero-order chi connectivity index (χ0) is 12.0. The third kappa shape index (κ3) is 1.82. The number of rotatable bonds is 1. The van der Waals surface area contributed by atoms with Crippen molar-refractivity contribution < 1.29 is 9.59 Å². The van der Waals surface area contributed by atoms with E-state index in [0.717, 1.165) is 25.7 Å². The van der Waals surface area contributed by atoms with Crippen LogP contribution in [-0.2, 0) is 9.59 Å². The zero-order valence-electron chi connectivity index (χ0n) is 9.89. The highest BCUT2D eigenvalue weighted by molar-refractivity contribution is 5.89. The Morgan fingerprint density at radius 1 is 1.29 bits per heavy atom. The molecule has 0 aliphatic carbocycles. The molecular weight excluding hydrogens is 218 g/mol. The molecule has 3 aliphatic heterocycles. The van der Waals surface area contributed by atoms with Gasteiger partial charge in [-0.3, -0.25) is 9.59 Å². The Labute approximate surface area is 101 Å². The van der Waals surface area contributed by atoms with E-state index in [2.05, 4.69) is 5.32 Å². The SMILES string of the molecule is NC1CC2CCC(C1)N2C(=O)C1CNC(=O)C1. The summed E-state index contributed by atoms with van der Waals surface area (Å²) in [4.78, 5) is 25.6. The van der Waals surface area contributed by atoms with E-state index >= 15 is 0 Å². The molecule has 3 fully saturated rings. The summed E-state index contributed by atoms with van der Waals surface area (Å²) in [6.45, 7) is 0.514. The van der Waals surface area contributed by atoms with Crippen molar-refractivity contribution in [2.24, 2.45) is 11.7 Å². The number of hydrogen-bond acceptors (Lipinski definition) is 3. The first-order valence-corrected chi connectivity index (χ1v) is 6.49. The molecule has 0 radical (unpaired) electrons. The van der Waals surface area contributed by atoms with Crippen molar-refractivity contribution in [3.8, 4) is 0 Å². The number of carbonyl (C=O) groups excluding carboxylic acids is 2. The van der Waals surface area contributed by atoms with E-state index < -0.39 is 0 Å². The summed E-state index contributed by atoms with van der Waals surface area (Å²) in [5.74, 6) is 0.0343. The molecule has 3 saturated heterocycles. The molecule has 3 unspecified atom stereocenters. The maximum Gasteiger partial charge on any atom is 0.228 e. The van der Waals surface area contributed by atoms with Crippen molar-refractivity contribution in [2.45, 2.75) is 50.2 Å². The van der Waals surface area contributed by atoms with Gasteiger partial charge >= 0.3 is 0 Å². The Kier molecular flexibility index (Phi) is 2.58. The summed E-state index contributed by atoms with van der Waals surface area (Å²) < 4.78 is 0. The average molecular weight is 237 g/mol. The van der Waals surface area contributed by atoms with E-state index in [-0.39, 0.29) is 23.8 Å². The first kappa shape index (κ1) is 11.0. The fourth-order valence-electron chi connectivity index (χ4n) is 3.57. The Bertz CT molecular complexity index is 344. The smallest absolute Gasteiger partial charge is 0.228 e. The summed E-state index contributed by atoms with van der Waals surface area (Å²) in [5.41, 5.74) is 5.99. The molecule has 3 heterocycles. The van der Waals surface area contributed by atoms with Gasteiger partial charge in [-0.25, -0.2) is 0 Å². The molecule has 0 saturated carbocycles. The molecule has 3 rings (SSSR count). The van der Waals surface area contributed by atoms with Gasteiger partial charge in [0.2, 0.25) is 11.8 Å². The van der Waals surface area contributed by atoms with E-state index in [0.29, 0.717) is 25.0 Å². The van der Waals surface area contributed by atoms with Crippen LogP contribution in [0.3, 0.4) is 0 Å². The van der Waals surface area contributed by atoms with Gasteiger partial charge in [-0.15, -0.1) is 0 Å². The number of nitrogens with one attached hydrogen (secondary N) is 1. The van der Waals surface area contributed by atoms with Gasteiger partial charge in [-0.05, 0) is 25.7 Å². The van der Waals surface area contributed by atoms with E-state index in [1.807, 2.05) is 4.90 Å². The number of fused-ring (bicyclic) bond motifs is 2. The Morgan fingerprint density at radius 2 is 1.94 bits per heavy atom. The quantitative estimate of drug-likeness (QED) is 0.652. The number of piperidine rings is 1. The molecule has 94 valence electrons. The van der Waals surface area contributed by atoms with Crippen LogP contribution >= 0.6 is 0 Å². The van der Waals surface area contributed by atoms with Crippen LogP contribution in [0.4, 0.5) is 0 Å². The molecule has 0 aromatic heterocycles. The van der Waals surface area contributed by atoms with Crippen LogP contribution in [0.1, 0.15) is 32.1 Å². The molecule has 0 aromatic rings. The van der Waals surface area contributed by atoms with Crippen LogP contribution < -0.4 is 11.1 Å². The summed E-state index contributed by atoms with van der Waals surface area (Å²) in [6, 6.07) is 0.902. The highest BCUT2D eigenvalue weighted by atomic mass is 16.2. The van der Waals surface area contributed by atoms with Gasteiger partial charge in [0.1, 0.15) is 0 Å². The molecular formula is C12H19N3O2. The van der Waals surface area contributed by atoms with Crippen molar-refractivity contribution in [1.82, 2.24) is 10.2 Å². The van der Waals surface area contributed by atoms with Crippen LogP contribution in [-0.4, -0.2) is 41.4 Å². The number of hydrogen-bond donors (Lipinski definition) is 2. The van der Waals surface area contributed by atoms with Crippen molar-refractivity contribution in [3.63, 3.8) is 0 Å². The highest BCUT2D eigenvalue weighted by Gasteiger charge is 2.45. The topological polar surface area (TPSA) is 75.4 Å². The van der Waals surface area contributed by atoms with Crippen LogP contribution in [0.15, 0.2) is 0 Å². The molecule has 3 aliphatic rings. The van der Waals surface area contributed by atoms with Gasteiger partial charge in [-0.1, -0.05) is 0 Å². The Hall–Kier alpha value is -1.10. The molecule has 0 spiro atoms. The molecule has 2 amide bonds. The van der Waals surface area contributed by atoms with Crippen LogP contribution in [0.5, 0.6) is 0 Å². The third-order valence-corrected chi connectivity index (χ3v) is 4.35. The monoisotopic (exact) mass is 237 g/mol. The van der Waals surface area contributed by atoms with Crippen LogP contribution in [0, 0.1) is 5.92 Å². The molecule has 17 heavy (non-hydrogen) atoms. The maximum absolute atomic E-state index is 12.4. The fraction of sp³-hybridized carbons (Fsp3) is 0.833. The summed E-state index contributed by atoms with van der Waals surface area (Å²) in [5, 5.41) is 2.74. The summed E-state index contributed by atoms with van der Waals surface area (Å²) >= 11 is 0. The number of amides is 2. The second-order valence-electron chi connectivity index (χ2n) is 5.57. The maximum atomic E-state index is 12.4. The van der Waals surface area contributed by atoms with Gasteiger partial charge in [0.25, 0.3) is 0 Å². The molecule has 5 heteroatoms. The van der Waals surface area contributed by atoms with Gasteiger partial charge in [0.15, 0.2) is 0 Å². The second kappa shape index (κ2) is 3.98.